The molecule has 7 heteroatoms. The zero-order valence-electron chi connectivity index (χ0n) is 16.2. The van der Waals surface area contributed by atoms with E-state index >= 15 is 0 Å². The molecule has 1 amide bonds. The maximum atomic E-state index is 12.1. The second-order valence-electron chi connectivity index (χ2n) is 7.01. The van der Waals surface area contributed by atoms with Crippen LogP contribution in [0.15, 0.2) is 48.5 Å². The minimum absolute atomic E-state index is 0.0239. The number of nitrogens with zero attached hydrogens (tertiary/aromatic N) is 1. The van der Waals surface area contributed by atoms with Crippen LogP contribution < -0.4 is 5.32 Å². The van der Waals surface area contributed by atoms with Crippen LogP contribution in [0.4, 0.5) is 5.69 Å². The van der Waals surface area contributed by atoms with Gasteiger partial charge in [0.05, 0.1) is 16.5 Å². The molecular formula is C21H24N2O5. The third-order valence-electron chi connectivity index (χ3n) is 4.13. The maximum Gasteiger partial charge on any atom is 0.338 e. The van der Waals surface area contributed by atoms with Gasteiger partial charge in [0.15, 0.2) is 6.61 Å². The van der Waals surface area contributed by atoms with Gasteiger partial charge in [-0.15, -0.1) is 0 Å². The summed E-state index contributed by atoms with van der Waals surface area (Å²) in [6.07, 6.45) is 0.995. The Kier molecular flexibility index (Phi) is 7.26. The molecule has 0 saturated carbocycles. The maximum absolute atomic E-state index is 12.1. The van der Waals surface area contributed by atoms with E-state index in [1.807, 2.05) is 31.2 Å². The summed E-state index contributed by atoms with van der Waals surface area (Å²) < 4.78 is 4.95. The standard InChI is InChI=1S/C21H24N2O5/c1-14(2)11-16-7-9-17(10-8-16)15(3)22-20(24)13-28-21(25)18-5-4-6-19(12-18)23(26)27/h4-10,12,14-15H,11,13H2,1-3H3,(H,22,24)/t15-/m1/s1. The second kappa shape index (κ2) is 9.64. The SMILES string of the molecule is CC(C)Cc1ccc([C@@H](C)NC(=O)COC(=O)c2cccc([N+](=O)[O-])c2)cc1. The molecule has 0 heterocycles. The number of nitro groups is 1. The smallest absolute Gasteiger partial charge is 0.338 e. The van der Waals surface area contributed by atoms with Gasteiger partial charge in [0.1, 0.15) is 0 Å². The number of carbonyl (C=O) groups excluding carboxylic acids is 2. The van der Waals surface area contributed by atoms with Gasteiger partial charge >= 0.3 is 5.97 Å². The van der Waals surface area contributed by atoms with E-state index in [4.69, 9.17) is 4.74 Å². The van der Waals surface area contributed by atoms with Crippen LogP contribution in [0.3, 0.4) is 0 Å². The highest BCUT2D eigenvalue weighted by atomic mass is 16.6. The van der Waals surface area contributed by atoms with E-state index in [0.717, 1.165) is 18.1 Å². The van der Waals surface area contributed by atoms with Gasteiger partial charge in [-0.1, -0.05) is 44.2 Å². The Morgan fingerprint density at radius 3 is 2.39 bits per heavy atom. The second-order valence-corrected chi connectivity index (χ2v) is 7.01. The number of carbonyl (C=O) groups is 2. The fourth-order valence-electron chi connectivity index (χ4n) is 2.74. The first kappa shape index (κ1) is 21.1. The predicted molar refractivity (Wildman–Crippen MR) is 105 cm³/mol. The number of ether oxygens (including phenoxy) is 1. The molecule has 0 saturated heterocycles. The van der Waals surface area contributed by atoms with Crippen LogP contribution in [-0.4, -0.2) is 23.4 Å². The van der Waals surface area contributed by atoms with Gasteiger partial charge in [0.2, 0.25) is 0 Å². The number of non-ortho nitro benzene ring substituents is 1. The zero-order valence-corrected chi connectivity index (χ0v) is 16.2. The number of nitro benzene ring substituents is 1. The van der Waals surface area contributed by atoms with Crippen LogP contribution in [0.5, 0.6) is 0 Å². The highest BCUT2D eigenvalue weighted by Crippen LogP contribution is 2.16. The van der Waals surface area contributed by atoms with Crippen molar-refractivity contribution in [3.63, 3.8) is 0 Å². The third-order valence-corrected chi connectivity index (χ3v) is 4.13. The molecule has 7 nitrogen and oxygen atoms in total. The molecule has 2 rings (SSSR count). The van der Waals surface area contributed by atoms with Gasteiger partial charge in [-0.05, 0) is 36.5 Å². The van der Waals surface area contributed by atoms with E-state index in [1.54, 1.807) is 0 Å². The minimum Gasteiger partial charge on any atom is -0.452 e. The molecule has 0 aliphatic carbocycles. The zero-order chi connectivity index (χ0) is 20.7. The van der Waals surface area contributed by atoms with Crippen LogP contribution in [0.2, 0.25) is 0 Å². The lowest BCUT2D eigenvalue weighted by Gasteiger charge is -2.15. The van der Waals surface area contributed by atoms with Crippen molar-refractivity contribution in [2.75, 3.05) is 6.61 Å². The lowest BCUT2D eigenvalue weighted by atomic mass is 10.00. The summed E-state index contributed by atoms with van der Waals surface area (Å²) in [4.78, 5) is 34.2. The largest absolute Gasteiger partial charge is 0.452 e. The van der Waals surface area contributed by atoms with E-state index in [2.05, 4.69) is 19.2 Å². The predicted octanol–water partition coefficient (Wildman–Crippen LogP) is 3.83. The van der Waals surface area contributed by atoms with Gasteiger partial charge in [-0.3, -0.25) is 14.9 Å². The highest BCUT2D eigenvalue weighted by molar-refractivity contribution is 5.91. The molecule has 2 aromatic rings. The average Bonchev–Trinajstić information content (AvgIpc) is 2.66. The topological polar surface area (TPSA) is 98.5 Å². The summed E-state index contributed by atoms with van der Waals surface area (Å²) in [5.74, 6) is -0.661. The molecule has 0 fully saturated rings. The average molecular weight is 384 g/mol. The molecule has 0 aliphatic rings. The molecule has 0 unspecified atom stereocenters. The molecule has 0 aliphatic heterocycles. The molecule has 1 atom stereocenters. The normalized spacial score (nSPS) is 11.7. The Balaban J connectivity index is 1.87. The summed E-state index contributed by atoms with van der Waals surface area (Å²) in [5, 5.41) is 13.5. The van der Waals surface area contributed by atoms with Crippen LogP contribution >= 0.6 is 0 Å². The first-order chi connectivity index (χ1) is 13.3. The van der Waals surface area contributed by atoms with E-state index in [-0.39, 0.29) is 17.3 Å². The highest BCUT2D eigenvalue weighted by Gasteiger charge is 2.15. The van der Waals surface area contributed by atoms with Crippen LogP contribution in [0.25, 0.3) is 0 Å². The van der Waals surface area contributed by atoms with Crippen molar-refractivity contribution < 1.29 is 19.2 Å². The molecule has 0 bridgehead atoms. The summed E-state index contributed by atoms with van der Waals surface area (Å²) in [5.41, 5.74) is 2.00. The van der Waals surface area contributed by atoms with Crippen molar-refractivity contribution in [2.24, 2.45) is 5.92 Å². The molecule has 0 spiro atoms. The molecule has 28 heavy (non-hydrogen) atoms. The van der Waals surface area contributed by atoms with Crippen molar-refractivity contribution in [3.05, 3.63) is 75.3 Å². The summed E-state index contributed by atoms with van der Waals surface area (Å²) in [7, 11) is 0. The number of nitrogens with one attached hydrogen (secondary N) is 1. The first-order valence-electron chi connectivity index (χ1n) is 9.06. The Labute approximate surface area is 163 Å². The summed E-state index contributed by atoms with van der Waals surface area (Å²) >= 11 is 0. The van der Waals surface area contributed by atoms with Crippen molar-refractivity contribution in [3.8, 4) is 0 Å². The molecule has 148 valence electrons. The lowest BCUT2D eigenvalue weighted by Crippen LogP contribution is -2.31. The van der Waals surface area contributed by atoms with Crippen molar-refractivity contribution >= 4 is 17.6 Å². The third kappa shape index (κ3) is 6.19. The van der Waals surface area contributed by atoms with E-state index in [0.29, 0.717) is 5.92 Å². The van der Waals surface area contributed by atoms with Gasteiger partial charge in [-0.2, -0.15) is 0 Å². The monoisotopic (exact) mass is 384 g/mol. The van der Waals surface area contributed by atoms with Gasteiger partial charge in [0, 0.05) is 12.1 Å². The molecular weight excluding hydrogens is 360 g/mol. The van der Waals surface area contributed by atoms with E-state index in [1.165, 1.54) is 23.8 Å². The number of hydrogen-bond donors (Lipinski definition) is 1. The molecule has 2 aromatic carbocycles. The number of rotatable bonds is 8. The fraction of sp³-hybridized carbons (Fsp3) is 0.333. The molecule has 0 radical (unpaired) electrons. The Morgan fingerprint density at radius 1 is 1.11 bits per heavy atom. The number of esters is 1. The van der Waals surface area contributed by atoms with Crippen LogP contribution in [-0.2, 0) is 16.0 Å². The van der Waals surface area contributed by atoms with Gasteiger partial charge in [-0.25, -0.2) is 4.79 Å². The molecule has 0 aromatic heterocycles. The van der Waals surface area contributed by atoms with Crippen LogP contribution in [0, 0.1) is 16.0 Å². The van der Waals surface area contributed by atoms with Gasteiger partial charge < -0.3 is 10.1 Å². The van der Waals surface area contributed by atoms with Gasteiger partial charge in [0.25, 0.3) is 11.6 Å². The molecule has 1 N–H and O–H groups in total. The minimum atomic E-state index is -0.787. The van der Waals surface area contributed by atoms with E-state index < -0.39 is 23.4 Å². The van der Waals surface area contributed by atoms with Crippen molar-refractivity contribution in [1.82, 2.24) is 5.32 Å². The quantitative estimate of drug-likeness (QED) is 0.424. The number of benzene rings is 2. The number of amides is 1. The Bertz CT molecular complexity index is 846. The van der Waals surface area contributed by atoms with Crippen LogP contribution in [0.1, 0.15) is 48.3 Å². The Hall–Kier alpha value is -3.22. The fourth-order valence-corrected chi connectivity index (χ4v) is 2.74. The summed E-state index contributed by atoms with van der Waals surface area (Å²) in [6.45, 7) is 5.70. The van der Waals surface area contributed by atoms with Crippen molar-refractivity contribution in [2.45, 2.75) is 33.2 Å². The van der Waals surface area contributed by atoms with Crippen molar-refractivity contribution in [1.29, 1.82) is 0 Å². The lowest BCUT2D eigenvalue weighted by molar-refractivity contribution is -0.384. The number of hydrogen-bond acceptors (Lipinski definition) is 5. The Morgan fingerprint density at radius 2 is 1.79 bits per heavy atom. The van der Waals surface area contributed by atoms with E-state index in [9.17, 15) is 19.7 Å². The summed E-state index contributed by atoms with van der Waals surface area (Å²) in [6, 6.07) is 13.0. The first-order valence-corrected chi connectivity index (χ1v) is 9.06.